The number of aliphatic imine (C=N–C) groups is 1. The van der Waals surface area contributed by atoms with Gasteiger partial charge in [0.2, 0.25) is 0 Å². The molecule has 1 aliphatic heterocycles. The van der Waals surface area contributed by atoms with Gasteiger partial charge in [0.05, 0.1) is 17.3 Å². The first-order chi connectivity index (χ1) is 13.8. The zero-order chi connectivity index (χ0) is 20.9. The monoisotopic (exact) mass is 417 g/mol. The van der Waals surface area contributed by atoms with Gasteiger partial charge in [-0.2, -0.15) is 0 Å². The van der Waals surface area contributed by atoms with E-state index in [1.807, 2.05) is 19.1 Å². The number of guanidine groups is 1. The fraction of sp³-hybridized carbons (Fsp3) is 0.500. The van der Waals surface area contributed by atoms with E-state index < -0.39 is 14.6 Å². The van der Waals surface area contributed by atoms with Crippen molar-refractivity contribution in [3.05, 3.63) is 48.0 Å². The highest BCUT2D eigenvalue weighted by molar-refractivity contribution is 7.92. The minimum Gasteiger partial charge on any atom is -0.381 e. The van der Waals surface area contributed by atoms with Crippen LogP contribution in [0, 0.1) is 0 Å². The summed E-state index contributed by atoms with van der Waals surface area (Å²) in [4.78, 5) is 4.66. The molecule has 6 nitrogen and oxygen atoms in total. The molecular weight excluding hydrogens is 386 g/mol. The van der Waals surface area contributed by atoms with E-state index in [9.17, 15) is 8.42 Å². The average Bonchev–Trinajstić information content (AvgIpc) is 2.71. The highest BCUT2D eigenvalue weighted by Crippen LogP contribution is 2.29. The summed E-state index contributed by atoms with van der Waals surface area (Å²) in [6.45, 7) is 5.93. The molecule has 0 bridgehead atoms. The van der Waals surface area contributed by atoms with Crippen molar-refractivity contribution in [2.75, 3.05) is 32.6 Å². The first-order valence-electron chi connectivity index (χ1n) is 10.2. The molecule has 2 aromatic carbocycles. The third-order valence-electron chi connectivity index (χ3n) is 5.69. The summed E-state index contributed by atoms with van der Waals surface area (Å²) in [6, 6.07) is 14.7. The van der Waals surface area contributed by atoms with Gasteiger partial charge in [0.15, 0.2) is 15.8 Å². The van der Waals surface area contributed by atoms with E-state index in [2.05, 4.69) is 52.9 Å². The molecule has 2 N–H and O–H groups in total. The van der Waals surface area contributed by atoms with E-state index in [1.165, 1.54) is 17.0 Å². The summed E-state index contributed by atoms with van der Waals surface area (Å²) in [5.41, 5.74) is 1.15. The van der Waals surface area contributed by atoms with Crippen LogP contribution >= 0.6 is 0 Å². The van der Waals surface area contributed by atoms with Gasteiger partial charge in [-0.05, 0) is 49.1 Å². The maximum Gasteiger partial charge on any atom is 0.191 e. The summed E-state index contributed by atoms with van der Waals surface area (Å²) in [7, 11) is -3.25. The molecule has 1 atom stereocenters. The van der Waals surface area contributed by atoms with Crippen LogP contribution < -0.4 is 10.6 Å². The highest BCUT2D eigenvalue weighted by atomic mass is 32.2. The lowest BCUT2D eigenvalue weighted by molar-refractivity contribution is 0.0768. The van der Waals surface area contributed by atoms with Crippen molar-refractivity contribution in [1.82, 2.24) is 10.6 Å². The Morgan fingerprint density at radius 2 is 1.86 bits per heavy atom. The van der Waals surface area contributed by atoms with Crippen LogP contribution in [0.5, 0.6) is 0 Å². The van der Waals surface area contributed by atoms with Gasteiger partial charge in [-0.3, -0.25) is 4.99 Å². The molecule has 7 heteroatoms. The lowest BCUT2D eigenvalue weighted by Crippen LogP contribution is -2.47. The number of hydrogen-bond donors (Lipinski definition) is 2. The molecule has 2 aromatic rings. The van der Waals surface area contributed by atoms with Gasteiger partial charge < -0.3 is 15.4 Å². The second kappa shape index (κ2) is 9.13. The third kappa shape index (κ3) is 5.08. The molecule has 1 unspecified atom stereocenters. The van der Waals surface area contributed by atoms with E-state index in [0.29, 0.717) is 38.6 Å². The van der Waals surface area contributed by atoms with Crippen LogP contribution in [0.15, 0.2) is 47.5 Å². The molecule has 1 heterocycles. The second-order valence-electron chi connectivity index (χ2n) is 7.74. The first kappa shape index (κ1) is 21.6. The maximum atomic E-state index is 12.5. The molecule has 158 valence electrons. The maximum absolute atomic E-state index is 12.5. The molecule has 1 aliphatic rings. The minimum absolute atomic E-state index is 0.0290. The second-order valence-corrected chi connectivity index (χ2v) is 10.1. The van der Waals surface area contributed by atoms with E-state index >= 15 is 0 Å². The van der Waals surface area contributed by atoms with Crippen molar-refractivity contribution in [3.8, 4) is 0 Å². The van der Waals surface area contributed by atoms with Crippen LogP contribution in [-0.2, 0) is 14.6 Å². The zero-order valence-electron chi connectivity index (χ0n) is 17.4. The third-order valence-corrected chi connectivity index (χ3v) is 7.80. The summed E-state index contributed by atoms with van der Waals surface area (Å²) in [5, 5.41) is 9.06. The number of rotatable bonds is 6. The van der Waals surface area contributed by atoms with Gasteiger partial charge in [0, 0.05) is 26.0 Å². The minimum atomic E-state index is -3.25. The molecule has 3 rings (SSSR count). The Kier molecular flexibility index (Phi) is 6.80. The molecule has 29 heavy (non-hydrogen) atoms. The molecular formula is C22H31N3O3S. The quantitative estimate of drug-likeness (QED) is 0.558. The Labute approximate surface area is 173 Å². The number of nitrogens with zero attached hydrogens (tertiary/aromatic N) is 1. The average molecular weight is 418 g/mol. The van der Waals surface area contributed by atoms with Crippen LogP contribution in [0.3, 0.4) is 0 Å². The predicted molar refractivity (Wildman–Crippen MR) is 119 cm³/mol. The zero-order valence-corrected chi connectivity index (χ0v) is 18.3. The number of nitrogens with one attached hydrogen (secondary N) is 2. The highest BCUT2D eigenvalue weighted by Gasteiger charge is 2.42. The van der Waals surface area contributed by atoms with Crippen LogP contribution in [0.1, 0.15) is 38.3 Å². The number of benzene rings is 2. The molecule has 0 amide bonds. The summed E-state index contributed by atoms with van der Waals surface area (Å²) >= 11 is 0. The Hall–Kier alpha value is -2.12. The molecule has 0 spiro atoms. The molecule has 0 radical (unpaired) electrons. The smallest absolute Gasteiger partial charge is 0.191 e. The van der Waals surface area contributed by atoms with Crippen molar-refractivity contribution < 1.29 is 13.2 Å². The van der Waals surface area contributed by atoms with E-state index in [1.54, 1.807) is 0 Å². The van der Waals surface area contributed by atoms with Gasteiger partial charge >= 0.3 is 0 Å². The number of hydrogen-bond acceptors (Lipinski definition) is 4. The Balaban J connectivity index is 1.79. The van der Waals surface area contributed by atoms with Crippen molar-refractivity contribution in [2.24, 2.45) is 4.99 Å². The lowest BCUT2D eigenvalue weighted by Gasteiger charge is -2.34. The van der Waals surface area contributed by atoms with Crippen LogP contribution in [0.25, 0.3) is 10.8 Å². The van der Waals surface area contributed by atoms with Gasteiger partial charge in [-0.15, -0.1) is 0 Å². The fourth-order valence-corrected chi connectivity index (χ4v) is 4.91. The first-order valence-corrected chi connectivity index (χ1v) is 12.0. The van der Waals surface area contributed by atoms with Gasteiger partial charge in [0.25, 0.3) is 0 Å². The largest absolute Gasteiger partial charge is 0.381 e. The summed E-state index contributed by atoms with van der Waals surface area (Å²) < 4.78 is 29.5. The van der Waals surface area contributed by atoms with Crippen LogP contribution in [0.4, 0.5) is 0 Å². The van der Waals surface area contributed by atoms with Crippen molar-refractivity contribution in [3.63, 3.8) is 0 Å². The van der Waals surface area contributed by atoms with Gasteiger partial charge in [0.1, 0.15) is 0 Å². The van der Waals surface area contributed by atoms with Crippen LogP contribution in [-0.4, -0.2) is 51.7 Å². The van der Waals surface area contributed by atoms with Crippen molar-refractivity contribution >= 4 is 26.6 Å². The molecule has 0 saturated carbocycles. The lowest BCUT2D eigenvalue weighted by atomic mass is 9.99. The normalized spacial score (nSPS) is 18.4. The summed E-state index contributed by atoms with van der Waals surface area (Å²) in [5.74, 6) is 0.627. The Morgan fingerprint density at radius 3 is 2.52 bits per heavy atom. The van der Waals surface area contributed by atoms with Crippen molar-refractivity contribution in [2.45, 2.75) is 37.5 Å². The van der Waals surface area contributed by atoms with E-state index in [-0.39, 0.29) is 12.6 Å². The number of fused-ring (bicyclic) bond motifs is 1. The van der Waals surface area contributed by atoms with E-state index in [4.69, 9.17) is 4.74 Å². The molecule has 0 aliphatic carbocycles. The van der Waals surface area contributed by atoms with E-state index in [0.717, 1.165) is 5.56 Å². The number of sulfone groups is 1. The Morgan fingerprint density at radius 1 is 1.17 bits per heavy atom. The molecule has 1 fully saturated rings. The van der Waals surface area contributed by atoms with Gasteiger partial charge in [-0.25, -0.2) is 8.42 Å². The molecule has 1 saturated heterocycles. The van der Waals surface area contributed by atoms with Gasteiger partial charge in [-0.1, -0.05) is 36.4 Å². The molecule has 0 aromatic heterocycles. The number of ether oxygens (including phenoxy) is 1. The Bertz CT molecular complexity index is 966. The summed E-state index contributed by atoms with van der Waals surface area (Å²) in [6.07, 6.45) is 2.27. The standard InChI is InChI=1S/C22H31N3O3S/c1-4-23-21(24-16-22(29(3,26)27)11-13-28-14-12-22)25-17(2)19-10-9-18-7-5-6-8-20(18)15-19/h5-10,15,17H,4,11-14,16H2,1-3H3,(H2,23,24,25). The van der Waals surface area contributed by atoms with Crippen LogP contribution in [0.2, 0.25) is 0 Å². The topological polar surface area (TPSA) is 79.8 Å². The van der Waals surface area contributed by atoms with Crippen molar-refractivity contribution in [1.29, 1.82) is 0 Å². The predicted octanol–water partition coefficient (Wildman–Crippen LogP) is 3.05. The fourth-order valence-electron chi connectivity index (χ4n) is 3.70. The SMILES string of the molecule is CCNC(=NCC1(S(C)(=O)=O)CCOCC1)NC(C)c1ccc2ccccc2c1.